The van der Waals surface area contributed by atoms with Gasteiger partial charge in [0.2, 0.25) is 0 Å². The molecule has 0 amide bonds. The first-order valence-corrected chi connectivity index (χ1v) is 14.0. The molecule has 0 bridgehead atoms. The first-order chi connectivity index (χ1) is 18.0. The summed E-state index contributed by atoms with van der Waals surface area (Å²) in [5.41, 5.74) is 4.12. The highest BCUT2D eigenvalue weighted by Crippen LogP contribution is 2.20. The predicted molar refractivity (Wildman–Crippen MR) is 159 cm³/mol. The molecule has 6 heteroatoms. The third-order valence-electron chi connectivity index (χ3n) is 6.08. The molecule has 0 saturated carbocycles. The van der Waals surface area contributed by atoms with E-state index in [2.05, 4.69) is 65.2 Å². The van der Waals surface area contributed by atoms with Gasteiger partial charge in [-0.25, -0.2) is 4.98 Å². The Kier molecular flexibility index (Phi) is 16.8. The summed E-state index contributed by atoms with van der Waals surface area (Å²) in [7, 11) is 4.04. The molecule has 0 spiro atoms. The average molecular weight is 511 g/mol. The van der Waals surface area contributed by atoms with Crippen LogP contribution in [-0.2, 0) is 6.42 Å². The van der Waals surface area contributed by atoms with Crippen LogP contribution in [-0.4, -0.2) is 50.0 Å². The number of hydrogen-bond donors (Lipinski definition) is 2. The van der Waals surface area contributed by atoms with Crippen LogP contribution in [0.25, 0.3) is 11.0 Å². The van der Waals surface area contributed by atoms with Crippen molar-refractivity contribution < 1.29 is 9.53 Å². The van der Waals surface area contributed by atoms with Crippen LogP contribution in [0, 0.1) is 5.92 Å². The average Bonchev–Trinajstić information content (AvgIpc) is 3.35. The molecule has 3 aromatic rings. The first-order valence-electron chi connectivity index (χ1n) is 14.0. The number of aromatic nitrogens is 2. The van der Waals surface area contributed by atoms with Gasteiger partial charge in [0.1, 0.15) is 5.75 Å². The Bertz CT molecular complexity index is 1000. The van der Waals surface area contributed by atoms with E-state index in [1.165, 1.54) is 37.9 Å². The molecular formula is C31H50N4O2. The number of nitrogens with zero attached hydrogens (tertiary/aromatic N) is 2. The summed E-state index contributed by atoms with van der Waals surface area (Å²) in [6.07, 6.45) is 7.65. The third-order valence-corrected chi connectivity index (χ3v) is 6.08. The number of benzene rings is 2. The summed E-state index contributed by atoms with van der Waals surface area (Å²) in [4.78, 5) is 20.0. The highest BCUT2D eigenvalue weighted by molar-refractivity contribution is 5.82. The fourth-order valence-electron chi connectivity index (χ4n) is 3.61. The number of fused-ring (bicyclic) bond motifs is 1. The molecule has 0 aliphatic carbocycles. The number of nitrogens with one attached hydrogen (secondary N) is 2. The second-order valence-electron chi connectivity index (χ2n) is 9.34. The number of unbranched alkanes of at least 4 members (excludes halogenated alkanes) is 1. The van der Waals surface area contributed by atoms with Gasteiger partial charge in [-0.1, -0.05) is 53.2 Å². The van der Waals surface area contributed by atoms with Crippen molar-refractivity contribution in [1.82, 2.24) is 15.3 Å². The van der Waals surface area contributed by atoms with Crippen LogP contribution in [0.3, 0.4) is 0 Å². The fourth-order valence-corrected chi connectivity index (χ4v) is 3.61. The van der Waals surface area contributed by atoms with Crippen molar-refractivity contribution in [2.75, 3.05) is 38.7 Å². The van der Waals surface area contributed by atoms with Gasteiger partial charge >= 0.3 is 0 Å². The lowest BCUT2D eigenvalue weighted by Crippen LogP contribution is -2.17. The molecule has 1 unspecified atom stereocenters. The second-order valence-corrected chi connectivity index (χ2v) is 9.34. The van der Waals surface area contributed by atoms with Gasteiger partial charge in [-0.2, -0.15) is 0 Å². The maximum Gasteiger partial charge on any atom is 0.185 e. The molecular weight excluding hydrogens is 460 g/mol. The minimum Gasteiger partial charge on any atom is -0.494 e. The van der Waals surface area contributed by atoms with Crippen LogP contribution in [0.1, 0.15) is 82.9 Å². The Morgan fingerprint density at radius 2 is 1.86 bits per heavy atom. The van der Waals surface area contributed by atoms with Gasteiger partial charge in [0.25, 0.3) is 0 Å². The molecule has 2 N–H and O–H groups in total. The lowest BCUT2D eigenvalue weighted by atomic mass is 10.1. The van der Waals surface area contributed by atoms with Crippen molar-refractivity contribution in [2.45, 2.75) is 73.1 Å². The summed E-state index contributed by atoms with van der Waals surface area (Å²) >= 11 is 0. The summed E-state index contributed by atoms with van der Waals surface area (Å²) in [6.45, 7) is 13.9. The van der Waals surface area contributed by atoms with Crippen LogP contribution in [0.4, 0.5) is 5.69 Å². The van der Waals surface area contributed by atoms with Crippen molar-refractivity contribution in [2.24, 2.45) is 5.92 Å². The van der Waals surface area contributed by atoms with Gasteiger partial charge in [-0.05, 0) is 80.9 Å². The van der Waals surface area contributed by atoms with Crippen molar-refractivity contribution in [3.8, 4) is 5.75 Å². The van der Waals surface area contributed by atoms with Crippen molar-refractivity contribution in [1.29, 1.82) is 0 Å². The monoisotopic (exact) mass is 510 g/mol. The number of rotatable bonds is 14. The largest absolute Gasteiger partial charge is 0.494 e. The molecule has 6 nitrogen and oxygen atoms in total. The van der Waals surface area contributed by atoms with Gasteiger partial charge in [-0.3, -0.25) is 4.79 Å². The van der Waals surface area contributed by atoms with Crippen molar-refractivity contribution in [3.63, 3.8) is 0 Å². The lowest BCUT2D eigenvalue weighted by molar-refractivity contribution is 0.111. The van der Waals surface area contributed by atoms with Gasteiger partial charge in [0.15, 0.2) is 12.1 Å². The maximum atomic E-state index is 10.8. The van der Waals surface area contributed by atoms with Crippen molar-refractivity contribution in [3.05, 3.63) is 53.9 Å². The molecule has 0 saturated heterocycles. The second kappa shape index (κ2) is 19.3. The number of H-pyrrole nitrogens is 1. The molecule has 0 fully saturated rings. The standard InChI is InChI=1S/C20H23N3O2.C9H21N.C2H6/c1-23(2)16-7-5-8-17(13-16)25-11-4-3-6-15-9-10-18-19(12-15)22-20(14-24)21-18;1-4-7-10-8-6-9(3)5-2;1-2/h5,7-10,12-14H,3-4,6,11H2,1-2H3,(H,21,22);9-10H,4-8H2,1-3H3;1-2H3. The van der Waals surface area contributed by atoms with Crippen LogP contribution in [0.15, 0.2) is 42.5 Å². The zero-order chi connectivity index (χ0) is 27.5. The van der Waals surface area contributed by atoms with Gasteiger partial charge in [-0.15, -0.1) is 0 Å². The maximum absolute atomic E-state index is 10.8. The van der Waals surface area contributed by atoms with Gasteiger partial charge < -0.3 is 19.9 Å². The molecule has 206 valence electrons. The summed E-state index contributed by atoms with van der Waals surface area (Å²) in [5, 5.41) is 3.40. The molecule has 3 rings (SSSR count). The van der Waals surface area contributed by atoms with E-state index in [-0.39, 0.29) is 0 Å². The van der Waals surface area contributed by atoms with E-state index in [1.807, 2.05) is 46.1 Å². The van der Waals surface area contributed by atoms with E-state index >= 15 is 0 Å². The van der Waals surface area contributed by atoms with E-state index in [0.717, 1.165) is 53.9 Å². The number of ether oxygens (including phenoxy) is 1. The van der Waals surface area contributed by atoms with E-state index in [1.54, 1.807) is 0 Å². The number of aldehydes is 1. The van der Waals surface area contributed by atoms with Gasteiger partial charge in [0.05, 0.1) is 17.6 Å². The third kappa shape index (κ3) is 12.8. The normalized spacial score (nSPS) is 11.1. The summed E-state index contributed by atoms with van der Waals surface area (Å²) < 4.78 is 5.84. The zero-order valence-electron chi connectivity index (χ0n) is 24.3. The Morgan fingerprint density at radius 1 is 1.08 bits per heavy atom. The quantitative estimate of drug-likeness (QED) is 0.176. The lowest BCUT2D eigenvalue weighted by Gasteiger charge is -2.14. The van der Waals surface area contributed by atoms with Crippen molar-refractivity contribution >= 4 is 23.0 Å². The number of anilines is 1. The Labute approximate surface area is 225 Å². The minimum absolute atomic E-state index is 0.375. The summed E-state index contributed by atoms with van der Waals surface area (Å²) in [5.74, 6) is 2.18. The number of imidazole rings is 1. The number of aryl methyl sites for hydroxylation is 1. The van der Waals surface area contributed by atoms with E-state index in [4.69, 9.17) is 4.74 Å². The highest BCUT2D eigenvalue weighted by atomic mass is 16.5. The number of carbonyl (C=O) groups is 1. The molecule has 0 aliphatic heterocycles. The van der Waals surface area contributed by atoms with E-state index in [9.17, 15) is 4.79 Å². The zero-order valence-corrected chi connectivity index (χ0v) is 24.3. The minimum atomic E-state index is 0.375. The number of aromatic amines is 1. The fraction of sp³-hybridized carbons (Fsp3) is 0.548. The number of carbonyl (C=O) groups excluding carboxylic acids is 1. The molecule has 1 aromatic heterocycles. The molecule has 0 radical (unpaired) electrons. The smallest absolute Gasteiger partial charge is 0.185 e. The summed E-state index contributed by atoms with van der Waals surface area (Å²) in [6, 6.07) is 14.2. The van der Waals surface area contributed by atoms with Crippen LogP contribution in [0.2, 0.25) is 0 Å². The molecule has 2 aromatic carbocycles. The molecule has 0 aliphatic rings. The van der Waals surface area contributed by atoms with Crippen LogP contribution < -0.4 is 15.0 Å². The number of hydrogen-bond acceptors (Lipinski definition) is 5. The van der Waals surface area contributed by atoms with Gasteiger partial charge in [0, 0.05) is 25.8 Å². The first kappa shape index (κ1) is 32.2. The van der Waals surface area contributed by atoms with E-state index in [0.29, 0.717) is 12.4 Å². The Hall–Kier alpha value is -2.86. The topological polar surface area (TPSA) is 70.2 Å². The Morgan fingerprint density at radius 3 is 2.54 bits per heavy atom. The van der Waals surface area contributed by atoms with E-state index < -0.39 is 0 Å². The molecule has 1 atom stereocenters. The molecule has 1 heterocycles. The van der Waals surface area contributed by atoms with Crippen LogP contribution >= 0.6 is 0 Å². The predicted octanol–water partition coefficient (Wildman–Crippen LogP) is 7.29. The Balaban J connectivity index is 0.000000483. The SMILES string of the molecule is CC.CCCNCCC(C)CC.CN(C)c1cccc(OCCCCc2ccc3nc(C=O)[nH]c3c2)c1. The highest BCUT2D eigenvalue weighted by Gasteiger charge is 2.03. The van der Waals surface area contributed by atoms with Crippen LogP contribution in [0.5, 0.6) is 5.75 Å². The molecule has 37 heavy (non-hydrogen) atoms.